The number of anilines is 1. The van der Waals surface area contributed by atoms with Crippen LogP contribution in [0, 0.1) is 21.7 Å². The molecule has 4 nitrogen and oxygen atoms in total. The third kappa shape index (κ3) is 2.90. The molecule has 0 aliphatic heterocycles. The Morgan fingerprint density at radius 3 is 2.15 bits per heavy atom. The zero-order valence-corrected chi connectivity index (χ0v) is 10.6. The van der Waals surface area contributed by atoms with Crippen molar-refractivity contribution in [1.82, 2.24) is 0 Å². The first-order chi connectivity index (χ1) is 9.49. The lowest BCUT2D eigenvalue weighted by atomic mass is 10.1. The van der Waals surface area contributed by atoms with Crippen LogP contribution in [0.4, 0.5) is 20.2 Å². The standard InChI is InChI=1S/C14H12F2N2O2/c1-9(14-12(15)3-2-4-13(14)16)17-10-5-7-11(8-6-10)18(19)20/h2-9,17H,1H3. The van der Waals surface area contributed by atoms with E-state index >= 15 is 0 Å². The molecule has 2 aromatic rings. The fourth-order valence-corrected chi connectivity index (χ4v) is 1.93. The van der Waals surface area contributed by atoms with Crippen molar-refractivity contribution in [2.24, 2.45) is 0 Å². The van der Waals surface area contributed by atoms with Crippen LogP contribution in [-0.2, 0) is 0 Å². The van der Waals surface area contributed by atoms with Crippen LogP contribution in [0.25, 0.3) is 0 Å². The van der Waals surface area contributed by atoms with Gasteiger partial charge in [0, 0.05) is 23.4 Å². The van der Waals surface area contributed by atoms with Crippen LogP contribution in [0.1, 0.15) is 18.5 Å². The van der Waals surface area contributed by atoms with Crippen molar-refractivity contribution in [3.63, 3.8) is 0 Å². The quantitative estimate of drug-likeness (QED) is 0.678. The summed E-state index contributed by atoms with van der Waals surface area (Å²) in [6, 6.07) is 8.71. The minimum atomic E-state index is -0.632. The number of nitrogens with one attached hydrogen (secondary N) is 1. The van der Waals surface area contributed by atoms with Crippen LogP contribution >= 0.6 is 0 Å². The molecule has 1 atom stereocenters. The number of nitro groups is 1. The topological polar surface area (TPSA) is 55.2 Å². The summed E-state index contributed by atoms with van der Waals surface area (Å²) in [4.78, 5) is 10.0. The normalized spacial score (nSPS) is 11.9. The van der Waals surface area contributed by atoms with Gasteiger partial charge in [0.2, 0.25) is 0 Å². The first-order valence-electron chi connectivity index (χ1n) is 5.94. The monoisotopic (exact) mass is 278 g/mol. The van der Waals surface area contributed by atoms with Crippen LogP contribution < -0.4 is 5.32 Å². The van der Waals surface area contributed by atoms with Crippen molar-refractivity contribution in [2.45, 2.75) is 13.0 Å². The number of nitrogens with zero attached hydrogens (tertiary/aromatic N) is 1. The van der Waals surface area contributed by atoms with Crippen molar-refractivity contribution in [3.8, 4) is 0 Å². The fraction of sp³-hybridized carbons (Fsp3) is 0.143. The van der Waals surface area contributed by atoms with E-state index in [0.717, 1.165) is 0 Å². The van der Waals surface area contributed by atoms with Crippen molar-refractivity contribution >= 4 is 11.4 Å². The predicted molar refractivity (Wildman–Crippen MR) is 71.5 cm³/mol. The number of hydrogen-bond donors (Lipinski definition) is 1. The van der Waals surface area contributed by atoms with Crippen LogP contribution in [0.2, 0.25) is 0 Å². The molecule has 0 aliphatic rings. The van der Waals surface area contributed by atoms with E-state index in [-0.39, 0.29) is 11.3 Å². The predicted octanol–water partition coefficient (Wildman–Crippen LogP) is 4.05. The van der Waals surface area contributed by atoms with Gasteiger partial charge in [-0.2, -0.15) is 0 Å². The largest absolute Gasteiger partial charge is 0.378 e. The van der Waals surface area contributed by atoms with Gasteiger partial charge in [0.1, 0.15) is 11.6 Å². The summed E-state index contributed by atoms with van der Waals surface area (Å²) in [5.74, 6) is -1.26. The van der Waals surface area contributed by atoms with Crippen LogP contribution in [-0.4, -0.2) is 4.92 Å². The van der Waals surface area contributed by atoms with Crippen molar-refractivity contribution in [3.05, 3.63) is 69.8 Å². The van der Waals surface area contributed by atoms with Gasteiger partial charge in [-0.3, -0.25) is 10.1 Å². The SMILES string of the molecule is CC(Nc1ccc([N+](=O)[O-])cc1)c1c(F)cccc1F. The lowest BCUT2D eigenvalue weighted by Gasteiger charge is -2.16. The van der Waals surface area contributed by atoms with E-state index in [9.17, 15) is 18.9 Å². The van der Waals surface area contributed by atoms with E-state index in [1.54, 1.807) is 6.92 Å². The van der Waals surface area contributed by atoms with Gasteiger partial charge in [-0.25, -0.2) is 8.78 Å². The highest BCUT2D eigenvalue weighted by molar-refractivity contribution is 5.50. The molecular weight excluding hydrogens is 266 g/mol. The van der Waals surface area contributed by atoms with Crippen LogP contribution in [0.15, 0.2) is 42.5 Å². The zero-order chi connectivity index (χ0) is 14.7. The molecule has 6 heteroatoms. The average Bonchev–Trinajstić information content (AvgIpc) is 2.39. The van der Waals surface area contributed by atoms with Crippen LogP contribution in [0.5, 0.6) is 0 Å². The van der Waals surface area contributed by atoms with E-state index < -0.39 is 22.6 Å². The molecule has 104 valence electrons. The number of rotatable bonds is 4. The number of hydrogen-bond acceptors (Lipinski definition) is 3. The average molecular weight is 278 g/mol. The third-order valence-corrected chi connectivity index (χ3v) is 2.89. The zero-order valence-electron chi connectivity index (χ0n) is 10.6. The summed E-state index contributed by atoms with van der Waals surface area (Å²) in [5.41, 5.74) is 0.442. The lowest BCUT2D eigenvalue weighted by Crippen LogP contribution is -2.10. The summed E-state index contributed by atoms with van der Waals surface area (Å²) in [6.07, 6.45) is 0. The maximum absolute atomic E-state index is 13.6. The van der Waals surface area contributed by atoms with E-state index in [1.807, 2.05) is 0 Å². The molecule has 20 heavy (non-hydrogen) atoms. The van der Waals surface area contributed by atoms with Crippen molar-refractivity contribution < 1.29 is 13.7 Å². The first kappa shape index (κ1) is 13.9. The number of benzene rings is 2. The number of nitro benzene ring substituents is 1. The summed E-state index contributed by atoms with van der Waals surface area (Å²) in [5, 5.41) is 13.4. The molecule has 0 heterocycles. The maximum atomic E-state index is 13.6. The summed E-state index contributed by atoms with van der Waals surface area (Å²) in [6.45, 7) is 1.61. The minimum Gasteiger partial charge on any atom is -0.378 e. The molecule has 0 aromatic heterocycles. The highest BCUT2D eigenvalue weighted by Crippen LogP contribution is 2.25. The van der Waals surface area contributed by atoms with Gasteiger partial charge in [0.15, 0.2) is 0 Å². The summed E-state index contributed by atoms with van der Waals surface area (Å²) in [7, 11) is 0. The molecule has 0 fully saturated rings. The molecule has 0 amide bonds. The highest BCUT2D eigenvalue weighted by Gasteiger charge is 2.16. The Labute approximate surface area is 114 Å². The van der Waals surface area contributed by atoms with Gasteiger partial charge in [0.25, 0.3) is 5.69 Å². The third-order valence-electron chi connectivity index (χ3n) is 2.89. The fourth-order valence-electron chi connectivity index (χ4n) is 1.93. The molecule has 1 N–H and O–H groups in total. The van der Waals surface area contributed by atoms with Gasteiger partial charge in [-0.15, -0.1) is 0 Å². The smallest absolute Gasteiger partial charge is 0.269 e. The first-order valence-corrected chi connectivity index (χ1v) is 5.94. The van der Waals surface area contributed by atoms with Crippen molar-refractivity contribution in [1.29, 1.82) is 0 Å². The van der Waals surface area contributed by atoms with Gasteiger partial charge >= 0.3 is 0 Å². The maximum Gasteiger partial charge on any atom is 0.269 e. The Morgan fingerprint density at radius 2 is 1.65 bits per heavy atom. The molecule has 0 saturated carbocycles. The molecule has 0 bridgehead atoms. The molecule has 2 rings (SSSR count). The second kappa shape index (κ2) is 5.64. The molecule has 0 saturated heterocycles. The van der Waals surface area contributed by atoms with Crippen molar-refractivity contribution in [2.75, 3.05) is 5.32 Å². The number of halogens is 2. The molecule has 2 aromatic carbocycles. The molecule has 0 radical (unpaired) electrons. The second-order valence-corrected chi connectivity index (χ2v) is 4.31. The van der Waals surface area contributed by atoms with Gasteiger partial charge in [0.05, 0.1) is 11.0 Å². The number of non-ortho nitro benzene ring substituents is 1. The lowest BCUT2D eigenvalue weighted by molar-refractivity contribution is -0.384. The molecule has 0 aliphatic carbocycles. The molecule has 1 unspecified atom stereocenters. The minimum absolute atomic E-state index is 0.0414. The van der Waals surface area contributed by atoms with E-state index in [1.165, 1.54) is 42.5 Å². The Morgan fingerprint density at radius 1 is 1.10 bits per heavy atom. The van der Waals surface area contributed by atoms with E-state index in [0.29, 0.717) is 5.69 Å². The van der Waals surface area contributed by atoms with Gasteiger partial charge < -0.3 is 5.32 Å². The van der Waals surface area contributed by atoms with E-state index in [4.69, 9.17) is 0 Å². The Balaban J connectivity index is 2.19. The highest BCUT2D eigenvalue weighted by atomic mass is 19.1. The second-order valence-electron chi connectivity index (χ2n) is 4.31. The Bertz CT molecular complexity index is 609. The Hall–Kier alpha value is -2.50. The van der Waals surface area contributed by atoms with Crippen LogP contribution in [0.3, 0.4) is 0 Å². The molecular formula is C14H12F2N2O2. The Kier molecular flexibility index (Phi) is 3.93. The van der Waals surface area contributed by atoms with E-state index in [2.05, 4.69) is 5.32 Å². The van der Waals surface area contributed by atoms with Gasteiger partial charge in [-0.05, 0) is 31.2 Å². The molecule has 0 spiro atoms. The summed E-state index contributed by atoms with van der Waals surface area (Å²) >= 11 is 0. The van der Waals surface area contributed by atoms with Gasteiger partial charge in [-0.1, -0.05) is 6.07 Å². The summed E-state index contributed by atoms with van der Waals surface area (Å²) < 4.78 is 27.2.